The van der Waals surface area contributed by atoms with Crippen LogP contribution < -0.4 is 15.0 Å². The van der Waals surface area contributed by atoms with Crippen molar-refractivity contribution in [3.63, 3.8) is 0 Å². The molecule has 2 rings (SSSR count). The molecule has 0 radical (unpaired) electrons. The highest BCUT2D eigenvalue weighted by Gasteiger charge is 2.28. The summed E-state index contributed by atoms with van der Waals surface area (Å²) < 4.78 is 10.4. The van der Waals surface area contributed by atoms with Gasteiger partial charge >= 0.3 is 0 Å². The Morgan fingerprint density at radius 3 is 2.76 bits per heavy atom. The van der Waals surface area contributed by atoms with E-state index in [1.165, 1.54) is 25.4 Å². The molecule has 0 spiro atoms. The third-order valence-electron chi connectivity index (χ3n) is 4.02. The SMILES string of the molecule is COc1ncnc(N(C)C)c1NC(=O)CN1CCCCC(OC)C1=O. The Labute approximate surface area is 147 Å². The number of hydrogen-bond acceptors (Lipinski definition) is 7. The van der Waals surface area contributed by atoms with Crippen molar-refractivity contribution in [3.05, 3.63) is 6.33 Å². The van der Waals surface area contributed by atoms with E-state index in [1.807, 2.05) is 0 Å². The molecule has 0 saturated carbocycles. The van der Waals surface area contributed by atoms with Gasteiger partial charge in [0.15, 0.2) is 5.82 Å². The summed E-state index contributed by atoms with van der Waals surface area (Å²) in [6, 6.07) is 0. The van der Waals surface area contributed by atoms with Crippen molar-refractivity contribution in [1.82, 2.24) is 14.9 Å². The van der Waals surface area contributed by atoms with Crippen molar-refractivity contribution in [3.8, 4) is 5.88 Å². The number of ether oxygens (including phenoxy) is 2. The number of amides is 2. The van der Waals surface area contributed by atoms with Gasteiger partial charge in [0.2, 0.25) is 11.8 Å². The fourth-order valence-electron chi connectivity index (χ4n) is 2.76. The summed E-state index contributed by atoms with van der Waals surface area (Å²) in [7, 11) is 6.60. The zero-order valence-corrected chi connectivity index (χ0v) is 15.1. The number of carbonyl (C=O) groups is 2. The predicted octanol–water partition coefficient (Wildman–Crippen LogP) is 0.517. The van der Waals surface area contributed by atoms with Crippen LogP contribution in [0, 0.1) is 0 Å². The normalized spacial score (nSPS) is 17.8. The number of hydrogen-bond donors (Lipinski definition) is 1. The monoisotopic (exact) mass is 351 g/mol. The van der Waals surface area contributed by atoms with Crippen molar-refractivity contribution in [2.24, 2.45) is 0 Å². The number of nitrogens with zero attached hydrogens (tertiary/aromatic N) is 4. The maximum atomic E-state index is 12.5. The number of nitrogens with one attached hydrogen (secondary N) is 1. The van der Waals surface area contributed by atoms with Crippen molar-refractivity contribution in [1.29, 1.82) is 0 Å². The molecule has 1 atom stereocenters. The van der Waals surface area contributed by atoms with Crippen LogP contribution in [0.25, 0.3) is 0 Å². The largest absolute Gasteiger partial charge is 0.479 e. The van der Waals surface area contributed by atoms with Crippen molar-refractivity contribution in [2.75, 3.05) is 51.6 Å². The molecular weight excluding hydrogens is 326 g/mol. The molecule has 1 aromatic heterocycles. The Morgan fingerprint density at radius 2 is 2.12 bits per heavy atom. The molecule has 9 nitrogen and oxygen atoms in total. The third-order valence-corrected chi connectivity index (χ3v) is 4.02. The summed E-state index contributed by atoms with van der Waals surface area (Å²) in [5.74, 6) is 0.307. The lowest BCUT2D eigenvalue weighted by atomic mass is 10.2. The fourth-order valence-corrected chi connectivity index (χ4v) is 2.76. The van der Waals surface area contributed by atoms with Crippen molar-refractivity contribution in [2.45, 2.75) is 25.4 Å². The topological polar surface area (TPSA) is 96.9 Å². The maximum Gasteiger partial charge on any atom is 0.252 e. The molecule has 9 heteroatoms. The van der Waals surface area contributed by atoms with E-state index in [0.717, 1.165) is 12.8 Å². The van der Waals surface area contributed by atoms with Gasteiger partial charge < -0.3 is 24.6 Å². The number of rotatable bonds is 6. The molecule has 1 saturated heterocycles. The van der Waals surface area contributed by atoms with Crippen molar-refractivity contribution >= 4 is 23.3 Å². The summed E-state index contributed by atoms with van der Waals surface area (Å²) >= 11 is 0. The van der Waals surface area contributed by atoms with E-state index in [1.54, 1.807) is 19.0 Å². The quantitative estimate of drug-likeness (QED) is 0.798. The van der Waals surface area contributed by atoms with Gasteiger partial charge in [0, 0.05) is 27.7 Å². The zero-order valence-electron chi connectivity index (χ0n) is 15.1. The molecule has 138 valence electrons. The van der Waals surface area contributed by atoms with Crippen LogP contribution >= 0.6 is 0 Å². The second-order valence-corrected chi connectivity index (χ2v) is 6.00. The van der Waals surface area contributed by atoms with E-state index in [2.05, 4.69) is 15.3 Å². The first-order valence-electron chi connectivity index (χ1n) is 8.15. The molecular formula is C16H25N5O4. The second kappa shape index (κ2) is 8.61. The molecule has 0 aromatic carbocycles. The first-order valence-corrected chi connectivity index (χ1v) is 8.15. The molecule has 2 amide bonds. The minimum absolute atomic E-state index is 0.0520. The number of anilines is 2. The summed E-state index contributed by atoms with van der Waals surface area (Å²) in [5.41, 5.74) is 0.380. The number of carbonyl (C=O) groups excluding carboxylic acids is 2. The Morgan fingerprint density at radius 1 is 1.36 bits per heavy atom. The molecule has 0 aliphatic carbocycles. The standard InChI is InChI=1S/C16H25N5O4/c1-20(2)14-13(15(25-4)18-10-17-14)19-12(22)9-21-8-6-5-7-11(24-3)16(21)23/h10-11H,5-9H2,1-4H3,(H,19,22). The van der Waals surface area contributed by atoms with Gasteiger partial charge in [-0.3, -0.25) is 9.59 Å². The minimum atomic E-state index is -0.484. The first kappa shape index (κ1) is 18.9. The van der Waals surface area contributed by atoms with Crippen LogP contribution in [0.3, 0.4) is 0 Å². The highest BCUT2D eigenvalue weighted by atomic mass is 16.5. The number of likely N-dealkylation sites (tertiary alicyclic amines) is 1. The van der Waals surface area contributed by atoms with Gasteiger partial charge in [-0.1, -0.05) is 0 Å². The number of aromatic nitrogens is 2. The molecule has 0 bridgehead atoms. The molecule has 25 heavy (non-hydrogen) atoms. The lowest BCUT2D eigenvalue weighted by Gasteiger charge is -2.24. The highest BCUT2D eigenvalue weighted by Crippen LogP contribution is 2.29. The molecule has 1 aliphatic heterocycles. The van der Waals surface area contributed by atoms with Crippen LogP contribution in [0.2, 0.25) is 0 Å². The summed E-state index contributed by atoms with van der Waals surface area (Å²) in [6.45, 7) is 0.485. The van der Waals surface area contributed by atoms with E-state index >= 15 is 0 Å². The van der Waals surface area contributed by atoms with Gasteiger partial charge in [0.1, 0.15) is 18.1 Å². The van der Waals surface area contributed by atoms with Crippen LogP contribution in [0.15, 0.2) is 6.33 Å². The average molecular weight is 351 g/mol. The third kappa shape index (κ3) is 4.56. The van der Waals surface area contributed by atoms with E-state index in [9.17, 15) is 9.59 Å². The van der Waals surface area contributed by atoms with Crippen LogP contribution in [0.1, 0.15) is 19.3 Å². The Balaban J connectivity index is 2.13. The van der Waals surface area contributed by atoms with Crippen LogP contribution in [0.4, 0.5) is 11.5 Å². The summed E-state index contributed by atoms with van der Waals surface area (Å²) in [6.07, 6.45) is 3.30. The molecule has 1 N–H and O–H groups in total. The summed E-state index contributed by atoms with van der Waals surface area (Å²) in [4.78, 5) is 36.4. The zero-order chi connectivity index (χ0) is 18.4. The second-order valence-electron chi connectivity index (χ2n) is 6.00. The lowest BCUT2D eigenvalue weighted by Crippen LogP contribution is -2.43. The molecule has 2 heterocycles. The van der Waals surface area contributed by atoms with Gasteiger partial charge in [0.05, 0.1) is 13.7 Å². The lowest BCUT2D eigenvalue weighted by molar-refractivity contribution is -0.143. The average Bonchev–Trinajstić information content (AvgIpc) is 2.76. The molecule has 1 aliphatic rings. The predicted molar refractivity (Wildman–Crippen MR) is 92.8 cm³/mol. The maximum absolute atomic E-state index is 12.5. The van der Waals surface area contributed by atoms with Crippen LogP contribution in [-0.4, -0.2) is 74.2 Å². The van der Waals surface area contributed by atoms with Crippen LogP contribution in [-0.2, 0) is 14.3 Å². The summed E-state index contributed by atoms with van der Waals surface area (Å²) in [5, 5.41) is 2.77. The van der Waals surface area contributed by atoms with Gasteiger partial charge in [-0.05, 0) is 19.3 Å². The Kier molecular flexibility index (Phi) is 6.51. The Bertz CT molecular complexity index is 623. The van der Waals surface area contributed by atoms with Gasteiger partial charge in [-0.2, -0.15) is 4.98 Å². The molecule has 1 fully saturated rings. The van der Waals surface area contributed by atoms with E-state index in [-0.39, 0.29) is 24.2 Å². The first-order chi connectivity index (χ1) is 12.0. The number of methoxy groups -OCH3 is 2. The highest BCUT2D eigenvalue weighted by molar-refractivity contribution is 5.98. The van der Waals surface area contributed by atoms with Gasteiger partial charge in [-0.15, -0.1) is 0 Å². The van der Waals surface area contributed by atoms with Crippen LogP contribution in [0.5, 0.6) is 5.88 Å². The van der Waals surface area contributed by atoms with E-state index in [4.69, 9.17) is 9.47 Å². The molecule has 1 unspecified atom stereocenters. The fraction of sp³-hybridized carbons (Fsp3) is 0.625. The molecule has 1 aromatic rings. The van der Waals surface area contributed by atoms with Crippen molar-refractivity contribution < 1.29 is 19.1 Å². The van der Waals surface area contributed by atoms with Gasteiger partial charge in [-0.25, -0.2) is 4.98 Å². The van der Waals surface area contributed by atoms with Gasteiger partial charge in [0.25, 0.3) is 5.91 Å². The Hall–Kier alpha value is -2.42. The smallest absolute Gasteiger partial charge is 0.252 e. The van der Waals surface area contributed by atoms with E-state index in [0.29, 0.717) is 24.5 Å². The van der Waals surface area contributed by atoms with E-state index < -0.39 is 6.10 Å². The minimum Gasteiger partial charge on any atom is -0.479 e.